The van der Waals surface area contributed by atoms with Crippen LogP contribution in [0.2, 0.25) is 0 Å². The van der Waals surface area contributed by atoms with Crippen molar-refractivity contribution in [2.45, 2.75) is 57.2 Å². The molecule has 26 heavy (non-hydrogen) atoms. The molecule has 0 spiro atoms. The fourth-order valence-corrected chi connectivity index (χ4v) is 5.69. The molecule has 1 aromatic rings. The molecule has 0 N–H and O–H groups in total. The smallest absolute Gasteiger partial charge is 0.225 e. The zero-order valence-electron chi connectivity index (χ0n) is 15.9. The predicted octanol–water partition coefficient (Wildman–Crippen LogP) is 2.94. The number of carbonyl (C=O) groups excluding carboxylic acids is 1. The number of nitrogens with zero attached hydrogens (tertiary/aromatic N) is 2. The number of aryl methyl sites for hydroxylation is 1. The van der Waals surface area contributed by atoms with Gasteiger partial charge in [0.1, 0.15) is 0 Å². The van der Waals surface area contributed by atoms with Gasteiger partial charge in [-0.25, -0.2) is 12.7 Å². The Morgan fingerprint density at radius 1 is 1.08 bits per heavy atom. The maximum Gasteiger partial charge on any atom is 0.225 e. The largest absolute Gasteiger partial charge is 0.343 e. The SMILES string of the molecule is Cc1ccc(CS(=O)(=O)N2CCC(C(=O)N(C)C3CCCC3)CC2)cc1. The quantitative estimate of drug-likeness (QED) is 0.791. The number of benzene rings is 1. The molecule has 1 amide bonds. The lowest BCUT2D eigenvalue weighted by Crippen LogP contribution is -2.45. The van der Waals surface area contributed by atoms with Crippen molar-refractivity contribution in [2.75, 3.05) is 20.1 Å². The Kier molecular flexibility index (Phi) is 6.03. The van der Waals surface area contributed by atoms with Crippen molar-refractivity contribution in [2.24, 2.45) is 5.92 Å². The summed E-state index contributed by atoms with van der Waals surface area (Å²) in [6.45, 7) is 2.88. The molecule has 1 aromatic carbocycles. The molecule has 1 heterocycles. The number of sulfonamides is 1. The lowest BCUT2D eigenvalue weighted by Gasteiger charge is -2.34. The van der Waals surface area contributed by atoms with Crippen molar-refractivity contribution in [1.29, 1.82) is 0 Å². The Balaban J connectivity index is 1.55. The van der Waals surface area contributed by atoms with Crippen LogP contribution in [0.1, 0.15) is 49.7 Å². The molecule has 0 atom stereocenters. The van der Waals surface area contributed by atoms with E-state index in [0.29, 0.717) is 32.0 Å². The minimum absolute atomic E-state index is 0.0356. The molecular formula is C20H30N2O3S. The molecule has 144 valence electrons. The maximum atomic E-state index is 12.7. The molecular weight excluding hydrogens is 348 g/mol. The van der Waals surface area contributed by atoms with E-state index in [2.05, 4.69) is 0 Å². The molecule has 1 aliphatic carbocycles. The highest BCUT2D eigenvalue weighted by Gasteiger charge is 2.34. The van der Waals surface area contributed by atoms with Crippen molar-refractivity contribution in [3.8, 4) is 0 Å². The number of hydrogen-bond acceptors (Lipinski definition) is 3. The Morgan fingerprint density at radius 2 is 1.65 bits per heavy atom. The van der Waals surface area contributed by atoms with Crippen LogP contribution >= 0.6 is 0 Å². The Labute approximate surface area is 157 Å². The van der Waals surface area contributed by atoms with Crippen LogP contribution in [-0.4, -0.2) is 49.7 Å². The second kappa shape index (κ2) is 8.09. The zero-order valence-corrected chi connectivity index (χ0v) is 16.7. The summed E-state index contributed by atoms with van der Waals surface area (Å²) in [6.07, 6.45) is 5.88. The molecule has 1 saturated heterocycles. The van der Waals surface area contributed by atoms with Gasteiger partial charge in [0.15, 0.2) is 0 Å². The second-order valence-corrected chi connectivity index (χ2v) is 9.77. The van der Waals surface area contributed by atoms with Crippen LogP contribution in [0.3, 0.4) is 0 Å². The van der Waals surface area contributed by atoms with Crippen LogP contribution in [0.4, 0.5) is 0 Å². The van der Waals surface area contributed by atoms with Crippen LogP contribution in [-0.2, 0) is 20.6 Å². The third-order valence-corrected chi connectivity index (χ3v) is 7.74. The first-order valence-electron chi connectivity index (χ1n) is 9.67. The van der Waals surface area contributed by atoms with Crippen molar-refractivity contribution in [3.05, 3.63) is 35.4 Å². The summed E-state index contributed by atoms with van der Waals surface area (Å²) in [5.41, 5.74) is 1.94. The summed E-state index contributed by atoms with van der Waals surface area (Å²) in [7, 11) is -1.41. The van der Waals surface area contributed by atoms with E-state index in [1.54, 1.807) is 4.31 Å². The molecule has 0 bridgehead atoms. The van der Waals surface area contributed by atoms with Gasteiger partial charge >= 0.3 is 0 Å². The summed E-state index contributed by atoms with van der Waals surface area (Å²) in [5.74, 6) is 0.201. The third kappa shape index (κ3) is 4.46. The Hall–Kier alpha value is -1.40. The molecule has 0 unspecified atom stereocenters. The first-order chi connectivity index (χ1) is 12.4. The second-order valence-electron chi connectivity index (χ2n) is 7.80. The van der Waals surface area contributed by atoms with Crippen LogP contribution < -0.4 is 0 Å². The average molecular weight is 379 g/mol. The maximum absolute atomic E-state index is 12.7. The molecule has 2 aliphatic rings. The van der Waals surface area contributed by atoms with Crippen molar-refractivity contribution < 1.29 is 13.2 Å². The first-order valence-corrected chi connectivity index (χ1v) is 11.3. The van der Waals surface area contributed by atoms with E-state index in [1.165, 1.54) is 12.8 Å². The topological polar surface area (TPSA) is 57.7 Å². The molecule has 0 radical (unpaired) electrons. The van der Waals surface area contributed by atoms with Crippen LogP contribution in [0.15, 0.2) is 24.3 Å². The Morgan fingerprint density at radius 3 is 2.23 bits per heavy atom. The first kappa shape index (κ1) is 19.4. The van der Waals surface area contributed by atoms with E-state index in [0.717, 1.165) is 24.0 Å². The van der Waals surface area contributed by atoms with Gasteiger partial charge in [0.2, 0.25) is 15.9 Å². The Bertz CT molecular complexity index is 716. The number of piperidine rings is 1. The van der Waals surface area contributed by atoms with Crippen LogP contribution in [0, 0.1) is 12.8 Å². The molecule has 1 aliphatic heterocycles. The molecule has 0 aromatic heterocycles. The molecule has 1 saturated carbocycles. The highest BCUT2D eigenvalue weighted by molar-refractivity contribution is 7.88. The summed E-state index contributed by atoms with van der Waals surface area (Å²) < 4.78 is 26.9. The van der Waals surface area contributed by atoms with E-state index < -0.39 is 10.0 Å². The molecule has 2 fully saturated rings. The number of amides is 1. The zero-order chi connectivity index (χ0) is 18.7. The molecule has 3 rings (SSSR count). The minimum atomic E-state index is -3.33. The monoisotopic (exact) mass is 378 g/mol. The van der Waals surface area contributed by atoms with Crippen molar-refractivity contribution >= 4 is 15.9 Å². The van der Waals surface area contributed by atoms with E-state index in [1.807, 2.05) is 43.1 Å². The van der Waals surface area contributed by atoms with Crippen molar-refractivity contribution in [3.63, 3.8) is 0 Å². The summed E-state index contributed by atoms with van der Waals surface area (Å²) in [4.78, 5) is 14.6. The number of hydrogen-bond donors (Lipinski definition) is 0. The minimum Gasteiger partial charge on any atom is -0.343 e. The number of rotatable bonds is 5. The number of carbonyl (C=O) groups is 1. The fraction of sp³-hybridized carbons (Fsp3) is 0.650. The average Bonchev–Trinajstić information content (AvgIpc) is 3.17. The van der Waals surface area contributed by atoms with E-state index in [9.17, 15) is 13.2 Å². The van der Waals surface area contributed by atoms with Gasteiger partial charge in [-0.15, -0.1) is 0 Å². The third-order valence-electron chi connectivity index (χ3n) is 5.89. The van der Waals surface area contributed by atoms with Gasteiger partial charge in [-0.3, -0.25) is 4.79 Å². The van der Waals surface area contributed by atoms with Gasteiger partial charge < -0.3 is 4.90 Å². The van der Waals surface area contributed by atoms with Gasteiger partial charge in [-0.05, 0) is 38.2 Å². The van der Waals surface area contributed by atoms with Gasteiger partial charge in [0.05, 0.1) is 5.75 Å². The molecule has 6 heteroatoms. The predicted molar refractivity (Wildman–Crippen MR) is 103 cm³/mol. The standard InChI is InChI=1S/C20H30N2O3S/c1-16-7-9-17(10-8-16)15-26(24,25)22-13-11-18(12-14-22)20(23)21(2)19-5-3-4-6-19/h7-10,18-19H,3-6,11-15H2,1-2H3. The van der Waals surface area contributed by atoms with E-state index in [4.69, 9.17) is 0 Å². The fourth-order valence-electron chi connectivity index (χ4n) is 4.13. The van der Waals surface area contributed by atoms with E-state index in [-0.39, 0.29) is 17.6 Å². The van der Waals surface area contributed by atoms with Gasteiger partial charge in [0.25, 0.3) is 0 Å². The normalized spacial score (nSPS) is 20.4. The lowest BCUT2D eigenvalue weighted by molar-refractivity contribution is -0.137. The lowest BCUT2D eigenvalue weighted by atomic mass is 9.96. The van der Waals surface area contributed by atoms with Crippen LogP contribution in [0.25, 0.3) is 0 Å². The van der Waals surface area contributed by atoms with Gasteiger partial charge in [-0.2, -0.15) is 0 Å². The van der Waals surface area contributed by atoms with Crippen molar-refractivity contribution in [1.82, 2.24) is 9.21 Å². The van der Waals surface area contributed by atoms with E-state index >= 15 is 0 Å². The summed E-state index contributed by atoms with van der Waals surface area (Å²) in [6, 6.07) is 8.01. The van der Waals surface area contributed by atoms with Crippen LogP contribution in [0.5, 0.6) is 0 Å². The summed E-state index contributed by atoms with van der Waals surface area (Å²) >= 11 is 0. The highest BCUT2D eigenvalue weighted by Crippen LogP contribution is 2.27. The highest BCUT2D eigenvalue weighted by atomic mass is 32.2. The van der Waals surface area contributed by atoms with Gasteiger partial charge in [-0.1, -0.05) is 42.7 Å². The molecule has 5 nitrogen and oxygen atoms in total. The van der Waals surface area contributed by atoms with Gasteiger partial charge in [0, 0.05) is 32.1 Å². The summed E-state index contributed by atoms with van der Waals surface area (Å²) in [5, 5.41) is 0.